The number of anilines is 1. The van der Waals surface area contributed by atoms with Crippen molar-refractivity contribution in [3.8, 4) is 45.9 Å². The van der Waals surface area contributed by atoms with E-state index >= 15 is 0 Å². The van der Waals surface area contributed by atoms with Gasteiger partial charge in [-0.05, 0) is 47.5 Å². The number of carbonyl (C=O) groups is 1. The minimum absolute atomic E-state index is 0.0274. The van der Waals surface area contributed by atoms with Crippen LogP contribution in [0.3, 0.4) is 0 Å². The smallest absolute Gasteiger partial charge is 0.231 e. The highest BCUT2D eigenvalue weighted by molar-refractivity contribution is 6.18. The van der Waals surface area contributed by atoms with Gasteiger partial charge in [-0.25, -0.2) is 0 Å². The van der Waals surface area contributed by atoms with Crippen molar-refractivity contribution in [2.75, 3.05) is 20.0 Å². The molecule has 0 unspecified atom stereocenters. The molecule has 0 saturated carbocycles. The molecule has 0 spiro atoms. The highest BCUT2D eigenvalue weighted by Gasteiger charge is 2.30. The third-order valence-corrected chi connectivity index (χ3v) is 6.40. The Balaban J connectivity index is 1.86. The molecule has 0 radical (unpaired) electrons. The lowest BCUT2D eigenvalue weighted by atomic mass is 9.82. The van der Waals surface area contributed by atoms with Crippen LogP contribution < -0.4 is 15.2 Å². The SMILES string of the molecule is COc1ccc(-c2c(C#N)c(N)c(C(=O)c3cc4ccccc4o3)c(-c3ccc(OC)cc3)c2C#N)cc1. The fraction of sp³-hybridized carbons (Fsp3) is 0.0645. The number of para-hydroxylation sites is 1. The van der Waals surface area contributed by atoms with Gasteiger partial charge < -0.3 is 19.6 Å². The number of nitrogens with two attached hydrogens (primary N) is 1. The maximum absolute atomic E-state index is 14.0. The number of fused-ring (bicyclic) bond motifs is 1. The van der Waals surface area contributed by atoms with E-state index in [1.165, 1.54) is 0 Å². The number of benzene rings is 4. The van der Waals surface area contributed by atoms with Crippen molar-refractivity contribution in [1.29, 1.82) is 10.5 Å². The van der Waals surface area contributed by atoms with E-state index in [2.05, 4.69) is 12.1 Å². The normalized spacial score (nSPS) is 10.5. The molecule has 1 heterocycles. The molecule has 1 aromatic heterocycles. The van der Waals surface area contributed by atoms with E-state index in [0.29, 0.717) is 39.3 Å². The maximum Gasteiger partial charge on any atom is 0.231 e. The van der Waals surface area contributed by atoms with Crippen molar-refractivity contribution < 1.29 is 18.7 Å². The number of hydrogen-bond donors (Lipinski definition) is 1. The zero-order chi connectivity index (χ0) is 26.8. The molecule has 38 heavy (non-hydrogen) atoms. The van der Waals surface area contributed by atoms with Gasteiger partial charge in [0.1, 0.15) is 29.2 Å². The molecule has 0 saturated heterocycles. The van der Waals surface area contributed by atoms with E-state index in [0.717, 1.165) is 5.39 Å². The summed E-state index contributed by atoms with van der Waals surface area (Å²) >= 11 is 0. The van der Waals surface area contributed by atoms with Crippen molar-refractivity contribution in [3.05, 3.63) is 101 Å². The Morgan fingerprint density at radius 3 is 1.87 bits per heavy atom. The van der Waals surface area contributed by atoms with Gasteiger partial charge in [0.15, 0.2) is 5.76 Å². The van der Waals surface area contributed by atoms with Crippen molar-refractivity contribution in [1.82, 2.24) is 0 Å². The summed E-state index contributed by atoms with van der Waals surface area (Å²) in [6, 6.07) is 27.1. The van der Waals surface area contributed by atoms with Gasteiger partial charge in [0, 0.05) is 16.5 Å². The molecule has 7 nitrogen and oxygen atoms in total. The van der Waals surface area contributed by atoms with Gasteiger partial charge in [0.05, 0.1) is 36.6 Å². The van der Waals surface area contributed by atoms with E-state index < -0.39 is 5.78 Å². The number of rotatable bonds is 6. The summed E-state index contributed by atoms with van der Waals surface area (Å²) in [5.41, 5.74) is 9.09. The summed E-state index contributed by atoms with van der Waals surface area (Å²) < 4.78 is 16.4. The van der Waals surface area contributed by atoms with Crippen LogP contribution in [0.2, 0.25) is 0 Å². The number of carbonyl (C=O) groups excluding carboxylic acids is 1. The lowest BCUT2D eigenvalue weighted by Gasteiger charge is -2.19. The van der Waals surface area contributed by atoms with Gasteiger partial charge in [-0.2, -0.15) is 10.5 Å². The maximum atomic E-state index is 14.0. The molecule has 5 aromatic rings. The molecule has 5 rings (SSSR count). The van der Waals surface area contributed by atoms with Crippen LogP contribution in [-0.2, 0) is 0 Å². The topological polar surface area (TPSA) is 122 Å². The summed E-state index contributed by atoms with van der Waals surface area (Å²) in [5.74, 6) is 0.747. The van der Waals surface area contributed by atoms with Crippen LogP contribution in [0.1, 0.15) is 27.2 Å². The van der Waals surface area contributed by atoms with E-state index in [1.54, 1.807) is 74.9 Å². The van der Waals surface area contributed by atoms with Gasteiger partial charge in [-0.1, -0.05) is 42.5 Å². The Morgan fingerprint density at radius 1 is 0.789 bits per heavy atom. The van der Waals surface area contributed by atoms with E-state index in [-0.39, 0.29) is 28.1 Å². The lowest BCUT2D eigenvalue weighted by molar-refractivity contribution is 0.101. The van der Waals surface area contributed by atoms with E-state index in [9.17, 15) is 15.3 Å². The Bertz CT molecular complexity index is 1740. The molecule has 0 aliphatic rings. The minimum Gasteiger partial charge on any atom is -0.497 e. The van der Waals surface area contributed by atoms with Crippen LogP contribution in [0.15, 0.2) is 83.3 Å². The highest BCUT2D eigenvalue weighted by Crippen LogP contribution is 2.43. The number of nitrogens with zero attached hydrogens (tertiary/aromatic N) is 2. The van der Waals surface area contributed by atoms with Crippen LogP contribution in [-0.4, -0.2) is 20.0 Å². The number of methoxy groups -OCH3 is 2. The van der Waals surface area contributed by atoms with Crippen molar-refractivity contribution in [2.45, 2.75) is 0 Å². The number of hydrogen-bond acceptors (Lipinski definition) is 7. The van der Waals surface area contributed by atoms with E-state index in [1.807, 2.05) is 18.2 Å². The standard InChI is InChI=1S/C31H21N3O4/c1-36-21-11-7-18(8-12-21)27-23(16-32)28(19-9-13-22(37-2)14-10-19)29(30(34)24(27)17-33)31(35)26-15-20-5-3-4-6-25(20)38-26/h3-15H,34H2,1-2H3. The second kappa shape index (κ2) is 9.85. The largest absolute Gasteiger partial charge is 0.497 e. The van der Waals surface area contributed by atoms with Gasteiger partial charge in [0.25, 0.3) is 0 Å². The molecule has 0 aliphatic heterocycles. The second-order valence-corrected chi connectivity index (χ2v) is 8.45. The average molecular weight is 500 g/mol. The fourth-order valence-corrected chi connectivity index (χ4v) is 4.54. The predicted molar refractivity (Wildman–Crippen MR) is 144 cm³/mol. The van der Waals surface area contributed by atoms with Crippen LogP contribution in [0.4, 0.5) is 5.69 Å². The van der Waals surface area contributed by atoms with Crippen LogP contribution >= 0.6 is 0 Å². The number of nitrogen functional groups attached to an aromatic ring is 1. The first-order valence-corrected chi connectivity index (χ1v) is 11.6. The molecule has 0 aliphatic carbocycles. The number of ketones is 1. The van der Waals surface area contributed by atoms with Crippen LogP contribution in [0.5, 0.6) is 11.5 Å². The van der Waals surface area contributed by atoms with Crippen molar-refractivity contribution in [2.24, 2.45) is 0 Å². The summed E-state index contributed by atoms with van der Waals surface area (Å²) in [4.78, 5) is 14.0. The molecule has 7 heteroatoms. The van der Waals surface area contributed by atoms with Crippen molar-refractivity contribution in [3.63, 3.8) is 0 Å². The quantitative estimate of drug-likeness (QED) is 0.214. The molecule has 0 amide bonds. The third kappa shape index (κ3) is 3.99. The molecule has 4 aromatic carbocycles. The average Bonchev–Trinajstić information content (AvgIpc) is 3.41. The Labute approximate surface area is 218 Å². The minimum atomic E-state index is -0.529. The summed E-state index contributed by atoms with van der Waals surface area (Å²) in [6.45, 7) is 0. The Hall–Kier alpha value is -5.53. The van der Waals surface area contributed by atoms with Gasteiger partial charge in [0.2, 0.25) is 5.78 Å². The third-order valence-electron chi connectivity index (χ3n) is 6.40. The van der Waals surface area contributed by atoms with Crippen molar-refractivity contribution >= 4 is 22.4 Å². The number of furan rings is 1. The fourth-order valence-electron chi connectivity index (χ4n) is 4.54. The Morgan fingerprint density at radius 2 is 1.34 bits per heavy atom. The highest BCUT2D eigenvalue weighted by atomic mass is 16.5. The van der Waals surface area contributed by atoms with Crippen LogP contribution in [0, 0.1) is 22.7 Å². The van der Waals surface area contributed by atoms with Gasteiger partial charge >= 0.3 is 0 Å². The molecule has 2 N–H and O–H groups in total. The molecule has 0 bridgehead atoms. The first-order valence-electron chi connectivity index (χ1n) is 11.6. The van der Waals surface area contributed by atoms with Gasteiger partial charge in [-0.3, -0.25) is 4.79 Å². The molecule has 184 valence electrons. The van der Waals surface area contributed by atoms with Gasteiger partial charge in [-0.15, -0.1) is 0 Å². The molecular weight excluding hydrogens is 478 g/mol. The monoisotopic (exact) mass is 499 g/mol. The molecule has 0 fully saturated rings. The number of nitriles is 2. The number of ether oxygens (including phenoxy) is 2. The second-order valence-electron chi connectivity index (χ2n) is 8.45. The zero-order valence-corrected chi connectivity index (χ0v) is 20.6. The predicted octanol–water partition coefficient (Wildman–Crippen LogP) is 6.34. The molecular formula is C31H21N3O4. The molecule has 0 atom stereocenters. The summed E-state index contributed by atoms with van der Waals surface area (Å²) in [5, 5.41) is 21.4. The van der Waals surface area contributed by atoms with Crippen LogP contribution in [0.25, 0.3) is 33.2 Å². The van der Waals surface area contributed by atoms with E-state index in [4.69, 9.17) is 19.6 Å². The first-order chi connectivity index (χ1) is 18.5. The zero-order valence-electron chi connectivity index (χ0n) is 20.6. The Kier molecular flexibility index (Phi) is 6.27. The summed E-state index contributed by atoms with van der Waals surface area (Å²) in [7, 11) is 3.10. The first kappa shape index (κ1) is 24.2. The lowest BCUT2D eigenvalue weighted by Crippen LogP contribution is -2.12. The summed E-state index contributed by atoms with van der Waals surface area (Å²) in [6.07, 6.45) is 0.